The number of likely N-dealkylation sites (N-methyl/N-ethyl adjacent to an activating group) is 2. The van der Waals surface area contributed by atoms with Gasteiger partial charge in [-0.1, -0.05) is 24.0 Å². The number of carbonyl (C=O) groups is 2. The van der Waals surface area contributed by atoms with Gasteiger partial charge in [-0.15, -0.1) is 0 Å². The minimum Gasteiger partial charge on any atom is -0.481 e. The van der Waals surface area contributed by atoms with Gasteiger partial charge in [0.2, 0.25) is 23.6 Å². The van der Waals surface area contributed by atoms with Gasteiger partial charge in [0, 0.05) is 44.4 Å². The van der Waals surface area contributed by atoms with Gasteiger partial charge < -0.3 is 30.5 Å². The number of hydrogen-bond acceptors (Lipinski definition) is 9. The quantitative estimate of drug-likeness (QED) is 0.160. The van der Waals surface area contributed by atoms with E-state index in [0.717, 1.165) is 0 Å². The monoisotopic (exact) mass is 574 g/mol. The molecule has 220 valence electrons. The van der Waals surface area contributed by atoms with E-state index in [9.17, 15) is 14.0 Å². The van der Waals surface area contributed by atoms with Crippen molar-refractivity contribution in [1.82, 2.24) is 30.1 Å². The minimum atomic E-state index is -0.380. The molecule has 3 N–H and O–H groups in total. The molecule has 0 aliphatic rings. The second kappa shape index (κ2) is 16.3. The van der Waals surface area contributed by atoms with Gasteiger partial charge in [-0.25, -0.2) is 14.4 Å². The highest BCUT2D eigenvalue weighted by Gasteiger charge is 2.10. The van der Waals surface area contributed by atoms with E-state index >= 15 is 0 Å². The van der Waals surface area contributed by atoms with Crippen LogP contribution in [0.3, 0.4) is 0 Å². The second-order valence-corrected chi connectivity index (χ2v) is 9.42. The van der Waals surface area contributed by atoms with Crippen molar-refractivity contribution < 1.29 is 18.7 Å². The maximum atomic E-state index is 13.6. The molecule has 3 rings (SSSR count). The third-order valence-corrected chi connectivity index (χ3v) is 5.59. The summed E-state index contributed by atoms with van der Waals surface area (Å²) in [6.07, 6.45) is 7.52. The van der Waals surface area contributed by atoms with Crippen molar-refractivity contribution in [2.45, 2.75) is 12.8 Å². The Balaban J connectivity index is 1.58. The van der Waals surface area contributed by atoms with E-state index < -0.39 is 0 Å². The van der Waals surface area contributed by atoms with Gasteiger partial charge in [-0.2, -0.15) is 4.98 Å². The van der Waals surface area contributed by atoms with E-state index in [1.54, 1.807) is 49.8 Å². The first kappa shape index (κ1) is 31.5. The lowest BCUT2D eigenvalue weighted by Crippen LogP contribution is -2.38. The second-order valence-electron chi connectivity index (χ2n) is 9.42. The van der Waals surface area contributed by atoms with E-state index in [0.29, 0.717) is 54.6 Å². The molecule has 11 nitrogen and oxygen atoms in total. The number of benzene rings is 1. The van der Waals surface area contributed by atoms with E-state index in [2.05, 4.69) is 42.7 Å². The highest BCUT2D eigenvalue weighted by atomic mass is 19.1. The Bertz CT molecular complexity index is 1430. The molecule has 0 aliphatic heterocycles. The molecule has 3 aromatic rings. The number of aromatic nitrogens is 3. The minimum absolute atomic E-state index is 0.0284. The van der Waals surface area contributed by atoms with Crippen molar-refractivity contribution in [3.8, 4) is 17.7 Å². The molecule has 0 saturated heterocycles. The first-order valence-electron chi connectivity index (χ1n) is 13.2. The first-order chi connectivity index (χ1) is 20.2. The number of anilines is 4. The number of halogens is 1. The van der Waals surface area contributed by atoms with Crippen LogP contribution in [0.15, 0.2) is 60.9 Å². The van der Waals surface area contributed by atoms with Gasteiger partial charge in [0.25, 0.3) is 0 Å². The van der Waals surface area contributed by atoms with Crippen LogP contribution in [0.1, 0.15) is 18.4 Å². The SMILES string of the molecule is COc1ccc(Nc2nc(Nc3cccc(F)c3)ncc2C#CCCCNC(=O)CN(C)C(=O)/C=C/CN(C)C)cn1. The standard InChI is InChI=1S/C30H35FN8O3/c1-38(2)17-9-13-28(41)39(3)21-26(40)32-16-7-5-6-10-22-19-34-30(36-24-12-8-11-23(31)18-24)37-29(22)35-25-14-15-27(42-4)33-20-25/h8-9,11-15,18-20H,5,7,16-17,21H2,1-4H3,(H,32,40)(H2,34,35,36,37)/b13-9+. The number of amides is 2. The molecule has 0 unspecified atom stereocenters. The molecule has 1 aromatic carbocycles. The predicted molar refractivity (Wildman–Crippen MR) is 160 cm³/mol. The van der Waals surface area contributed by atoms with Crippen LogP contribution in [0.2, 0.25) is 0 Å². The van der Waals surface area contributed by atoms with E-state index in [4.69, 9.17) is 4.74 Å². The summed E-state index contributed by atoms with van der Waals surface area (Å²) in [6.45, 7) is 1.03. The maximum Gasteiger partial charge on any atom is 0.246 e. The maximum absolute atomic E-state index is 13.6. The predicted octanol–water partition coefficient (Wildman–Crippen LogP) is 3.33. The molecule has 0 radical (unpaired) electrons. The van der Waals surface area contributed by atoms with Crippen LogP contribution in [-0.2, 0) is 9.59 Å². The summed E-state index contributed by atoms with van der Waals surface area (Å²) in [5.41, 5.74) is 1.71. The smallest absolute Gasteiger partial charge is 0.246 e. The first-order valence-corrected chi connectivity index (χ1v) is 13.2. The molecular formula is C30H35FN8O3. The number of pyridine rings is 1. The summed E-state index contributed by atoms with van der Waals surface area (Å²) in [5.74, 6) is 6.47. The molecule has 42 heavy (non-hydrogen) atoms. The Kier molecular flexibility index (Phi) is 12.2. The van der Waals surface area contributed by atoms with E-state index in [1.807, 2.05) is 19.0 Å². The molecule has 2 amide bonds. The normalized spacial score (nSPS) is 10.6. The van der Waals surface area contributed by atoms with Crippen molar-refractivity contribution in [3.63, 3.8) is 0 Å². The zero-order valence-electron chi connectivity index (χ0n) is 24.1. The fourth-order valence-electron chi connectivity index (χ4n) is 3.44. The van der Waals surface area contributed by atoms with Gasteiger partial charge in [0.15, 0.2) is 5.82 Å². The Morgan fingerprint density at radius 1 is 1.07 bits per heavy atom. The molecule has 0 bridgehead atoms. The molecule has 0 aliphatic carbocycles. The zero-order valence-corrected chi connectivity index (χ0v) is 24.1. The van der Waals surface area contributed by atoms with Crippen molar-refractivity contribution >= 4 is 35.0 Å². The Morgan fingerprint density at radius 2 is 1.90 bits per heavy atom. The van der Waals surface area contributed by atoms with Crippen molar-refractivity contribution in [3.05, 3.63) is 72.3 Å². The number of nitrogens with one attached hydrogen (secondary N) is 3. The van der Waals surface area contributed by atoms with Crippen LogP contribution >= 0.6 is 0 Å². The van der Waals surface area contributed by atoms with Crippen LogP contribution in [0.25, 0.3) is 0 Å². The summed E-state index contributed by atoms with van der Waals surface area (Å²) in [5, 5.41) is 8.99. The van der Waals surface area contributed by atoms with Gasteiger partial charge in [-0.05, 0) is 44.8 Å². The molecule has 0 saturated carbocycles. The number of nitrogens with zero attached hydrogens (tertiary/aromatic N) is 5. The van der Waals surface area contributed by atoms with Gasteiger partial charge >= 0.3 is 0 Å². The molecule has 2 heterocycles. The number of carbonyl (C=O) groups excluding carboxylic acids is 2. The van der Waals surface area contributed by atoms with Gasteiger partial charge in [0.05, 0.1) is 37.3 Å². The lowest BCUT2D eigenvalue weighted by atomic mass is 10.2. The molecule has 0 fully saturated rings. The van der Waals surface area contributed by atoms with Crippen LogP contribution in [0.4, 0.5) is 27.5 Å². The Morgan fingerprint density at radius 3 is 2.62 bits per heavy atom. The van der Waals surface area contributed by atoms with Crippen molar-refractivity contribution in [2.24, 2.45) is 0 Å². The van der Waals surface area contributed by atoms with E-state index in [1.165, 1.54) is 30.2 Å². The van der Waals surface area contributed by atoms with Crippen LogP contribution in [0.5, 0.6) is 5.88 Å². The van der Waals surface area contributed by atoms with E-state index in [-0.39, 0.29) is 30.1 Å². The third kappa shape index (κ3) is 10.9. The summed E-state index contributed by atoms with van der Waals surface area (Å²) < 4.78 is 18.7. The highest BCUT2D eigenvalue weighted by Crippen LogP contribution is 2.22. The third-order valence-electron chi connectivity index (χ3n) is 5.59. The number of hydrogen-bond donors (Lipinski definition) is 3. The average molecular weight is 575 g/mol. The van der Waals surface area contributed by atoms with Gasteiger partial charge in [-0.3, -0.25) is 9.59 Å². The van der Waals surface area contributed by atoms with Gasteiger partial charge in [0.1, 0.15) is 5.82 Å². The highest BCUT2D eigenvalue weighted by molar-refractivity contribution is 5.91. The van der Waals surface area contributed by atoms with Crippen molar-refractivity contribution in [1.29, 1.82) is 0 Å². The molecule has 0 spiro atoms. The lowest BCUT2D eigenvalue weighted by molar-refractivity contribution is -0.131. The number of rotatable bonds is 13. The average Bonchev–Trinajstić information content (AvgIpc) is 2.96. The molecule has 0 atom stereocenters. The number of unbranched alkanes of at least 4 members (excludes halogenated alkanes) is 1. The van der Waals surface area contributed by atoms with Crippen LogP contribution in [0, 0.1) is 17.7 Å². The summed E-state index contributed by atoms with van der Waals surface area (Å²) >= 11 is 0. The number of methoxy groups -OCH3 is 1. The zero-order chi connectivity index (χ0) is 30.3. The van der Waals surface area contributed by atoms with Crippen LogP contribution in [-0.4, -0.2) is 84.5 Å². The molecule has 12 heteroatoms. The fourth-order valence-corrected chi connectivity index (χ4v) is 3.44. The fraction of sp³-hybridized carbons (Fsp3) is 0.300. The Labute approximate surface area is 245 Å². The summed E-state index contributed by atoms with van der Waals surface area (Å²) in [4.78, 5) is 40.6. The lowest BCUT2D eigenvalue weighted by Gasteiger charge is -2.14. The Hall–Kier alpha value is -5.02. The summed E-state index contributed by atoms with van der Waals surface area (Å²) in [7, 11) is 6.94. The largest absolute Gasteiger partial charge is 0.481 e. The number of ether oxygens (including phenoxy) is 1. The summed E-state index contributed by atoms with van der Waals surface area (Å²) in [6, 6.07) is 9.49. The van der Waals surface area contributed by atoms with Crippen LogP contribution < -0.4 is 20.7 Å². The molecular weight excluding hydrogens is 539 g/mol. The topological polar surface area (TPSA) is 125 Å². The molecule has 2 aromatic heterocycles. The van der Waals surface area contributed by atoms with Crippen molar-refractivity contribution in [2.75, 3.05) is 58.5 Å².